The van der Waals surface area contributed by atoms with Crippen molar-refractivity contribution in [1.29, 1.82) is 0 Å². The third-order valence-electron chi connectivity index (χ3n) is 2.70. The zero-order valence-corrected chi connectivity index (χ0v) is 9.44. The highest BCUT2D eigenvalue weighted by atomic mass is 32.1. The molecule has 4 heteroatoms. The lowest BCUT2D eigenvalue weighted by Gasteiger charge is -2.24. The van der Waals surface area contributed by atoms with Crippen molar-refractivity contribution in [2.75, 3.05) is 0 Å². The van der Waals surface area contributed by atoms with Crippen LogP contribution >= 0.6 is 11.3 Å². The lowest BCUT2D eigenvalue weighted by atomic mass is 9.88. The van der Waals surface area contributed by atoms with Crippen molar-refractivity contribution in [3.8, 4) is 0 Å². The van der Waals surface area contributed by atoms with Crippen LogP contribution < -0.4 is 5.32 Å². The molecule has 0 bridgehead atoms. The molecule has 3 nitrogen and oxygen atoms in total. The second-order valence-electron chi connectivity index (χ2n) is 4.31. The number of carbonyl (C=O) groups is 1. The standard InChI is InChI=1S/C10H14N2OS/c1-6-11-5-8(14-6)7-4-9(13)12-10(7,2)3/h5,7H,4H2,1-3H3,(H,12,13). The van der Waals surface area contributed by atoms with Crippen molar-refractivity contribution in [3.05, 3.63) is 16.1 Å². The predicted molar refractivity (Wildman–Crippen MR) is 56.4 cm³/mol. The van der Waals surface area contributed by atoms with Gasteiger partial charge in [0.2, 0.25) is 5.91 Å². The van der Waals surface area contributed by atoms with Crippen LogP contribution in [0, 0.1) is 6.92 Å². The normalized spacial score (nSPS) is 25.1. The minimum atomic E-state index is -0.129. The van der Waals surface area contributed by atoms with Gasteiger partial charge in [-0.3, -0.25) is 4.79 Å². The number of hydrogen-bond acceptors (Lipinski definition) is 3. The summed E-state index contributed by atoms with van der Waals surface area (Å²) in [6.07, 6.45) is 2.49. The maximum atomic E-state index is 11.3. The topological polar surface area (TPSA) is 42.0 Å². The molecule has 1 aliphatic rings. The molecule has 1 unspecified atom stereocenters. The summed E-state index contributed by atoms with van der Waals surface area (Å²) < 4.78 is 0. The summed E-state index contributed by atoms with van der Waals surface area (Å²) in [6.45, 7) is 6.13. The molecule has 1 aliphatic heterocycles. The molecule has 2 rings (SSSR count). The van der Waals surface area contributed by atoms with Crippen LogP contribution in [0.5, 0.6) is 0 Å². The monoisotopic (exact) mass is 210 g/mol. The van der Waals surface area contributed by atoms with Gasteiger partial charge >= 0.3 is 0 Å². The van der Waals surface area contributed by atoms with E-state index in [1.165, 1.54) is 4.88 Å². The van der Waals surface area contributed by atoms with Gasteiger partial charge in [0.1, 0.15) is 0 Å². The molecule has 76 valence electrons. The van der Waals surface area contributed by atoms with Gasteiger partial charge in [-0.2, -0.15) is 0 Å². The van der Waals surface area contributed by atoms with E-state index in [4.69, 9.17) is 0 Å². The summed E-state index contributed by atoms with van der Waals surface area (Å²) in [5.74, 6) is 0.423. The Balaban J connectivity index is 2.31. The molecular weight excluding hydrogens is 196 g/mol. The molecule has 2 heterocycles. The van der Waals surface area contributed by atoms with Crippen molar-refractivity contribution < 1.29 is 4.79 Å². The van der Waals surface area contributed by atoms with Crippen LogP contribution in [-0.2, 0) is 4.79 Å². The van der Waals surface area contributed by atoms with Crippen LogP contribution in [0.2, 0.25) is 0 Å². The second kappa shape index (κ2) is 3.05. The van der Waals surface area contributed by atoms with Crippen LogP contribution in [0.25, 0.3) is 0 Å². The van der Waals surface area contributed by atoms with Crippen molar-refractivity contribution >= 4 is 17.2 Å². The van der Waals surface area contributed by atoms with Gasteiger partial charge < -0.3 is 5.32 Å². The summed E-state index contributed by atoms with van der Waals surface area (Å²) in [5, 5.41) is 4.06. The van der Waals surface area contributed by atoms with Crippen LogP contribution in [0.1, 0.15) is 36.1 Å². The van der Waals surface area contributed by atoms with E-state index in [1.807, 2.05) is 13.1 Å². The van der Waals surface area contributed by atoms with Crippen LogP contribution in [-0.4, -0.2) is 16.4 Å². The second-order valence-corrected chi connectivity index (χ2v) is 5.57. The fraction of sp³-hybridized carbons (Fsp3) is 0.600. The number of amides is 1. The Morgan fingerprint density at radius 3 is 2.79 bits per heavy atom. The number of rotatable bonds is 1. The molecule has 1 amide bonds. The highest BCUT2D eigenvalue weighted by molar-refractivity contribution is 7.11. The third-order valence-corrected chi connectivity index (χ3v) is 3.73. The van der Waals surface area contributed by atoms with Crippen molar-refractivity contribution in [2.45, 2.75) is 38.6 Å². The summed E-state index contributed by atoms with van der Waals surface area (Å²) in [7, 11) is 0. The Hall–Kier alpha value is -0.900. The first-order valence-electron chi connectivity index (χ1n) is 4.72. The van der Waals surface area contributed by atoms with E-state index in [2.05, 4.69) is 24.1 Å². The number of nitrogens with zero attached hydrogens (tertiary/aromatic N) is 1. The lowest BCUT2D eigenvalue weighted by Crippen LogP contribution is -2.38. The zero-order chi connectivity index (χ0) is 10.3. The van der Waals surface area contributed by atoms with E-state index >= 15 is 0 Å². The average molecular weight is 210 g/mol. The van der Waals surface area contributed by atoms with Crippen LogP contribution in [0.4, 0.5) is 0 Å². The van der Waals surface area contributed by atoms with Gasteiger partial charge in [0.25, 0.3) is 0 Å². The fourth-order valence-electron chi connectivity index (χ4n) is 1.93. The van der Waals surface area contributed by atoms with Gasteiger partial charge in [0.15, 0.2) is 0 Å². The molecule has 1 aromatic heterocycles. The Bertz CT molecular complexity index is 370. The highest BCUT2D eigenvalue weighted by Gasteiger charge is 2.40. The van der Waals surface area contributed by atoms with E-state index in [9.17, 15) is 4.79 Å². The molecule has 1 atom stereocenters. The molecule has 0 spiro atoms. The zero-order valence-electron chi connectivity index (χ0n) is 8.63. The fourth-order valence-corrected chi connectivity index (χ4v) is 3.01. The molecule has 0 aromatic carbocycles. The Labute approximate surface area is 87.6 Å². The van der Waals surface area contributed by atoms with Gasteiger partial charge in [-0.1, -0.05) is 0 Å². The van der Waals surface area contributed by atoms with E-state index in [-0.39, 0.29) is 17.4 Å². The number of aryl methyl sites for hydroxylation is 1. The molecule has 0 saturated carbocycles. The Kier molecular flexibility index (Phi) is 2.10. The lowest BCUT2D eigenvalue weighted by molar-refractivity contribution is -0.119. The van der Waals surface area contributed by atoms with Gasteiger partial charge in [-0.15, -0.1) is 11.3 Å². The summed E-state index contributed by atoms with van der Waals surface area (Å²) in [5.41, 5.74) is -0.129. The number of carbonyl (C=O) groups excluding carboxylic acids is 1. The van der Waals surface area contributed by atoms with Gasteiger partial charge in [-0.05, 0) is 20.8 Å². The van der Waals surface area contributed by atoms with Gasteiger partial charge in [0, 0.05) is 29.0 Å². The summed E-state index contributed by atoms with van der Waals surface area (Å²) >= 11 is 1.69. The first-order valence-corrected chi connectivity index (χ1v) is 5.54. The SMILES string of the molecule is Cc1ncc(C2CC(=O)NC2(C)C)s1. The summed E-state index contributed by atoms with van der Waals surface area (Å²) in [6, 6.07) is 0. The van der Waals surface area contributed by atoms with E-state index < -0.39 is 0 Å². The van der Waals surface area contributed by atoms with E-state index in [0.717, 1.165) is 5.01 Å². The smallest absolute Gasteiger partial charge is 0.221 e. The Morgan fingerprint density at radius 2 is 2.36 bits per heavy atom. The average Bonchev–Trinajstić information content (AvgIpc) is 2.55. The molecule has 0 radical (unpaired) electrons. The van der Waals surface area contributed by atoms with Crippen molar-refractivity contribution in [3.63, 3.8) is 0 Å². The first-order chi connectivity index (χ1) is 6.49. The molecule has 1 aromatic rings. The minimum absolute atomic E-state index is 0.129. The highest BCUT2D eigenvalue weighted by Crippen LogP contribution is 2.38. The number of hydrogen-bond donors (Lipinski definition) is 1. The van der Waals surface area contributed by atoms with Crippen LogP contribution in [0.3, 0.4) is 0 Å². The quantitative estimate of drug-likeness (QED) is 0.768. The molecule has 1 fully saturated rings. The van der Waals surface area contributed by atoms with Crippen LogP contribution in [0.15, 0.2) is 6.20 Å². The predicted octanol–water partition coefficient (Wildman–Crippen LogP) is 1.83. The molecule has 14 heavy (non-hydrogen) atoms. The van der Waals surface area contributed by atoms with Gasteiger partial charge in [-0.25, -0.2) is 4.98 Å². The van der Waals surface area contributed by atoms with Crippen molar-refractivity contribution in [2.24, 2.45) is 0 Å². The Morgan fingerprint density at radius 1 is 1.64 bits per heavy atom. The number of thiazole rings is 1. The molecule has 1 N–H and O–H groups in total. The maximum Gasteiger partial charge on any atom is 0.221 e. The molecule has 0 aliphatic carbocycles. The maximum absolute atomic E-state index is 11.3. The number of aromatic nitrogens is 1. The largest absolute Gasteiger partial charge is 0.351 e. The van der Waals surface area contributed by atoms with Gasteiger partial charge in [0.05, 0.1) is 5.01 Å². The van der Waals surface area contributed by atoms with E-state index in [0.29, 0.717) is 6.42 Å². The molecule has 1 saturated heterocycles. The van der Waals surface area contributed by atoms with Crippen molar-refractivity contribution in [1.82, 2.24) is 10.3 Å². The van der Waals surface area contributed by atoms with E-state index in [1.54, 1.807) is 11.3 Å². The molecular formula is C10H14N2OS. The minimum Gasteiger partial charge on any atom is -0.351 e. The summed E-state index contributed by atoms with van der Waals surface area (Å²) in [4.78, 5) is 16.8. The number of nitrogens with one attached hydrogen (secondary N) is 1. The third kappa shape index (κ3) is 1.54. The first kappa shape index (κ1) is 9.65.